The molecule has 0 spiro atoms. The van der Waals surface area contributed by atoms with E-state index in [1.807, 2.05) is 6.92 Å². The second-order valence-electron chi connectivity index (χ2n) is 14.2. The van der Waals surface area contributed by atoms with Gasteiger partial charge >= 0.3 is 12.0 Å². The predicted molar refractivity (Wildman–Crippen MR) is 205 cm³/mol. The highest BCUT2D eigenvalue weighted by molar-refractivity contribution is 6.14. The summed E-state index contributed by atoms with van der Waals surface area (Å²) < 4.78 is 16.6. The lowest BCUT2D eigenvalue weighted by atomic mass is 10.1. The van der Waals surface area contributed by atoms with Gasteiger partial charge in [0.25, 0.3) is 11.8 Å². The molecule has 9 rings (SSSR count). The number of nitrogens with zero attached hydrogens (tertiary/aromatic N) is 4. The Balaban J connectivity index is 1.09. The molecule has 0 saturated carbocycles. The Hall–Kier alpha value is -7.04. The minimum Gasteiger partial charge on any atom is -0.506 e. The molecule has 4 aromatic rings. The summed E-state index contributed by atoms with van der Waals surface area (Å²) in [5.41, 5.74) is 9.93. The van der Waals surface area contributed by atoms with E-state index in [-0.39, 0.29) is 78.0 Å². The van der Waals surface area contributed by atoms with Crippen molar-refractivity contribution in [3.63, 3.8) is 0 Å². The van der Waals surface area contributed by atoms with E-state index in [1.165, 1.54) is 41.9 Å². The zero-order valence-electron chi connectivity index (χ0n) is 30.7. The molecule has 3 aromatic carbocycles. The maximum Gasteiger partial charge on any atom is 0.319 e. The number of H-pyrrole nitrogens is 1. The van der Waals surface area contributed by atoms with E-state index in [0.717, 1.165) is 10.8 Å². The van der Waals surface area contributed by atoms with Gasteiger partial charge < -0.3 is 50.5 Å². The Morgan fingerprint density at radius 1 is 0.982 bits per heavy atom. The van der Waals surface area contributed by atoms with Crippen LogP contribution in [0.1, 0.15) is 29.9 Å². The molecule has 1 aromatic heterocycles. The smallest absolute Gasteiger partial charge is 0.319 e. The number of amides is 4. The number of carbonyl (C=O) groups excluding carboxylic acids is 4. The summed E-state index contributed by atoms with van der Waals surface area (Å²) in [6.07, 6.45) is 3.86. The summed E-state index contributed by atoms with van der Waals surface area (Å²) in [6, 6.07) is 1.43. The van der Waals surface area contributed by atoms with Gasteiger partial charge in [-0.3, -0.25) is 29.5 Å². The lowest BCUT2D eigenvalue weighted by Crippen LogP contribution is -2.41. The highest BCUT2D eigenvalue weighted by Gasteiger charge is 2.39. The predicted octanol–water partition coefficient (Wildman–Crippen LogP) is -0.0607. The molecule has 5 aliphatic heterocycles. The van der Waals surface area contributed by atoms with Gasteiger partial charge in [0.15, 0.2) is 23.0 Å². The van der Waals surface area contributed by atoms with Crippen molar-refractivity contribution >= 4 is 86.5 Å². The molecule has 287 valence electrons. The highest BCUT2D eigenvalue weighted by Crippen LogP contribution is 2.49. The first kappa shape index (κ1) is 34.7. The van der Waals surface area contributed by atoms with Crippen LogP contribution in [0, 0.1) is 0 Å². The Bertz CT molecular complexity index is 2790. The zero-order chi connectivity index (χ0) is 39.5. The summed E-state index contributed by atoms with van der Waals surface area (Å²) in [5.74, 6) is -1.97. The molecule has 1 unspecified atom stereocenters. The monoisotopic (exact) mass is 762 g/mol. The molecule has 0 aliphatic carbocycles. The normalized spacial score (nSPS) is 17.1. The number of primary amides is 1. The van der Waals surface area contributed by atoms with Crippen LogP contribution < -0.4 is 61.4 Å². The fraction of sp³-hybridized carbons (Fsp3) is 0.282. The largest absolute Gasteiger partial charge is 0.506 e. The molecule has 5 aliphatic rings. The van der Waals surface area contributed by atoms with Crippen molar-refractivity contribution < 1.29 is 48.7 Å². The summed E-state index contributed by atoms with van der Waals surface area (Å²) >= 11 is 0. The minimum absolute atomic E-state index is 0.0252. The quantitative estimate of drug-likeness (QED) is 0.142. The van der Waals surface area contributed by atoms with Crippen LogP contribution in [-0.4, -0.2) is 97.2 Å². The van der Waals surface area contributed by atoms with Crippen molar-refractivity contribution in [1.29, 1.82) is 0 Å². The van der Waals surface area contributed by atoms with Crippen LogP contribution in [0.4, 0.5) is 33.2 Å². The number of methoxy groups -OCH3 is 2. The highest BCUT2D eigenvalue weighted by atomic mass is 16.5. The molecule has 1 radical (unpaired) electrons. The number of urea groups is 1. The van der Waals surface area contributed by atoms with Crippen LogP contribution in [0.5, 0.6) is 28.7 Å². The number of esters is 1. The molecule has 4 amide bonds. The van der Waals surface area contributed by atoms with Crippen LogP contribution >= 0.6 is 0 Å². The van der Waals surface area contributed by atoms with E-state index in [1.54, 1.807) is 18.2 Å². The third kappa shape index (κ3) is 4.72. The Morgan fingerprint density at radius 3 is 2.45 bits per heavy atom. The number of benzene rings is 3. The van der Waals surface area contributed by atoms with Crippen molar-refractivity contribution in [2.45, 2.75) is 26.3 Å². The number of phenols is 3. The average molecular weight is 763 g/mol. The fourth-order valence-electron chi connectivity index (χ4n) is 8.71. The van der Waals surface area contributed by atoms with Gasteiger partial charge in [-0.2, -0.15) is 0 Å². The molecular weight excluding hydrogens is 726 g/mol. The van der Waals surface area contributed by atoms with Gasteiger partial charge in [-0.05, 0) is 42.2 Å². The SMILES string of the molecule is COc1c(O)c2c(c3c1NC(C(=O)N1CC(COC(C)=O)=c4c1cc(O)c1c4=C(C)C[N]1)C=3)=CCN2C(=O)c1cc2c3c(c(O)c(OC)c2[nH]1)N(C(N)=O)CC3. The van der Waals surface area contributed by atoms with Crippen molar-refractivity contribution in [2.24, 2.45) is 5.73 Å². The second-order valence-corrected chi connectivity index (χ2v) is 14.2. The fourth-order valence-corrected chi connectivity index (χ4v) is 8.71. The Morgan fingerprint density at radius 2 is 1.73 bits per heavy atom. The van der Waals surface area contributed by atoms with E-state index in [0.29, 0.717) is 67.7 Å². The number of anilines is 4. The Kier molecular flexibility index (Phi) is 7.59. The number of rotatable bonds is 6. The number of aromatic hydroxyl groups is 3. The number of fused-ring (bicyclic) bond motifs is 9. The van der Waals surface area contributed by atoms with Gasteiger partial charge in [-0.25, -0.2) is 4.79 Å². The molecule has 7 N–H and O–H groups in total. The maximum atomic E-state index is 14.5. The van der Waals surface area contributed by atoms with Crippen LogP contribution in [0.15, 0.2) is 12.1 Å². The van der Waals surface area contributed by atoms with Crippen molar-refractivity contribution in [2.75, 3.05) is 67.0 Å². The third-order valence-electron chi connectivity index (χ3n) is 11.1. The zero-order valence-corrected chi connectivity index (χ0v) is 30.7. The van der Waals surface area contributed by atoms with Gasteiger partial charge in [0.2, 0.25) is 0 Å². The number of aromatic amines is 1. The molecule has 0 bridgehead atoms. The van der Waals surface area contributed by atoms with E-state index in [4.69, 9.17) is 19.9 Å². The van der Waals surface area contributed by atoms with E-state index >= 15 is 0 Å². The number of hydrogen-bond acceptors (Lipinski definition) is 11. The first-order valence-electron chi connectivity index (χ1n) is 17.8. The number of carbonyl (C=O) groups is 4. The maximum absolute atomic E-state index is 14.5. The molecule has 6 heterocycles. The Labute approximate surface area is 317 Å². The van der Waals surface area contributed by atoms with Crippen LogP contribution in [0.25, 0.3) is 34.2 Å². The number of nitrogens with two attached hydrogens (primary N) is 1. The molecular formula is C39H36N7O10. The summed E-state index contributed by atoms with van der Waals surface area (Å²) in [5, 5.41) is 44.4. The lowest BCUT2D eigenvalue weighted by molar-refractivity contribution is -0.139. The number of phenolic OH excluding ortho intramolecular Hbond substituents is 3. The molecule has 17 nitrogen and oxygen atoms in total. The van der Waals surface area contributed by atoms with Crippen molar-refractivity contribution in [1.82, 2.24) is 10.3 Å². The lowest BCUT2D eigenvalue weighted by Gasteiger charge is -2.23. The van der Waals surface area contributed by atoms with Crippen LogP contribution in [0.2, 0.25) is 0 Å². The summed E-state index contributed by atoms with van der Waals surface area (Å²) in [4.78, 5) is 59.9. The molecule has 0 fully saturated rings. The number of nitrogens with one attached hydrogen (secondary N) is 2. The van der Waals surface area contributed by atoms with Gasteiger partial charge in [0.1, 0.15) is 29.8 Å². The molecule has 56 heavy (non-hydrogen) atoms. The first-order valence-corrected chi connectivity index (χ1v) is 17.8. The average Bonchev–Trinajstić information content (AvgIpc) is 4.01. The first-order chi connectivity index (χ1) is 26.8. The van der Waals surface area contributed by atoms with Crippen LogP contribution in [-0.2, 0) is 20.7 Å². The minimum atomic E-state index is -0.954. The van der Waals surface area contributed by atoms with E-state index in [9.17, 15) is 34.5 Å². The van der Waals surface area contributed by atoms with Gasteiger partial charge in [0, 0.05) is 52.3 Å². The number of aromatic nitrogens is 1. The number of hydrogen-bond donors (Lipinski definition) is 6. The van der Waals surface area contributed by atoms with E-state index in [2.05, 4.69) is 15.6 Å². The van der Waals surface area contributed by atoms with Gasteiger partial charge in [-0.15, -0.1) is 0 Å². The molecule has 1 atom stereocenters. The van der Waals surface area contributed by atoms with E-state index < -0.39 is 23.9 Å². The summed E-state index contributed by atoms with van der Waals surface area (Å²) in [7, 11) is 2.73. The summed E-state index contributed by atoms with van der Waals surface area (Å²) in [6.45, 7) is 3.96. The third-order valence-corrected chi connectivity index (χ3v) is 11.1. The van der Waals surface area contributed by atoms with Gasteiger partial charge in [0.05, 0.1) is 55.6 Å². The van der Waals surface area contributed by atoms with Crippen LogP contribution in [0.3, 0.4) is 0 Å². The second kappa shape index (κ2) is 12.2. The van der Waals surface area contributed by atoms with Crippen molar-refractivity contribution in [3.05, 3.63) is 44.3 Å². The molecule has 0 saturated heterocycles. The molecule has 17 heteroatoms. The van der Waals surface area contributed by atoms with Crippen molar-refractivity contribution in [3.8, 4) is 28.7 Å². The standard InChI is InChI=1S/C39H36N7O10/c1-15-12-41-30-25(48)11-24-27(26(15)30)17(14-56-16(2)47)13-46(24)38(52)23-10-20-18-5-7-44(31(18)33(49)35(54-3)28(20)43-23)37(51)22-9-21-19-6-8-45(39(40)53)32(19)34(50)36(55-4)29(21)42-22/h5,9-11,23,42-43,48-50H,6-8,12-14H2,1-4H3,(H2,40,53). The number of ether oxygens (including phenoxy) is 3. The topological polar surface area (TPSA) is 234 Å². The van der Waals surface area contributed by atoms with Gasteiger partial charge in [-0.1, -0.05) is 6.08 Å².